The Morgan fingerprint density at radius 2 is 0.782 bits per heavy atom. The lowest BCUT2D eigenvalue weighted by Gasteiger charge is -2.41. The highest BCUT2D eigenvalue weighted by Crippen LogP contribution is 2.42. The summed E-state index contributed by atoms with van der Waals surface area (Å²) < 4.78 is 18.6. The van der Waals surface area contributed by atoms with Gasteiger partial charge in [0.15, 0.2) is 0 Å². The highest BCUT2D eigenvalue weighted by atomic mass is 32.2. The van der Waals surface area contributed by atoms with E-state index >= 15 is 43.2 Å². The first-order valence-electron chi connectivity index (χ1n) is 45.0. The van der Waals surface area contributed by atoms with Gasteiger partial charge >= 0.3 is 18.0 Å². The fraction of sp³-hybridized carbons (Fsp3) is 0.451. The zero-order valence-corrected chi connectivity index (χ0v) is 80.9. The van der Waals surface area contributed by atoms with Crippen molar-refractivity contribution >= 4 is 95.1 Å². The highest BCUT2D eigenvalue weighted by molar-refractivity contribution is 7.94. The van der Waals surface area contributed by atoms with Gasteiger partial charge in [0.25, 0.3) is 0 Å². The number of ether oxygens (including phenoxy) is 2. The van der Waals surface area contributed by atoms with Gasteiger partial charge in [0, 0.05) is 61.5 Å². The number of benzene rings is 7. The fourth-order valence-electron chi connectivity index (χ4n) is 15.5. The van der Waals surface area contributed by atoms with Gasteiger partial charge < -0.3 is 75.2 Å². The summed E-state index contributed by atoms with van der Waals surface area (Å²) in [5, 5.41) is 26.4. The molecular weight excluding hydrogens is 1710 g/mol. The fourth-order valence-corrected chi connectivity index (χ4v) is 16.1. The molecule has 31 heteroatoms. The molecule has 30 nitrogen and oxygen atoms in total. The summed E-state index contributed by atoms with van der Waals surface area (Å²) in [6.45, 7) is 22.9. The van der Waals surface area contributed by atoms with Crippen molar-refractivity contribution in [1.82, 2.24) is 61.3 Å². The van der Waals surface area contributed by atoms with Crippen molar-refractivity contribution in [2.75, 3.05) is 48.8 Å². The van der Waals surface area contributed by atoms with Gasteiger partial charge in [-0.05, 0) is 117 Å². The summed E-state index contributed by atoms with van der Waals surface area (Å²) in [5.74, 6) is -12.8. The molecule has 0 bridgehead atoms. The highest BCUT2D eigenvalue weighted by Gasteiger charge is 2.47. The summed E-state index contributed by atoms with van der Waals surface area (Å²) in [6, 6.07) is 47.4. The van der Waals surface area contributed by atoms with E-state index in [-0.39, 0.29) is 49.7 Å². The van der Waals surface area contributed by atoms with Crippen molar-refractivity contribution in [2.24, 2.45) is 23.7 Å². The number of hydrogen-bond acceptors (Lipinski definition) is 18. The molecule has 0 unspecified atom stereocenters. The average Bonchev–Trinajstić information content (AvgIpc) is 0.743. The normalized spacial score (nSPS) is 14.2. The third kappa shape index (κ3) is 30.9. The van der Waals surface area contributed by atoms with Gasteiger partial charge in [-0.3, -0.25) is 67.2 Å². The number of likely N-dealkylation sites (N-methyl/N-ethyl adjacent to an activating group) is 6. The minimum absolute atomic E-state index is 0.0288. The third-order valence-electron chi connectivity index (χ3n) is 23.2. The van der Waals surface area contributed by atoms with Crippen LogP contribution in [0.4, 0.5) is 4.79 Å². The number of carbonyl (C=O) groups excluding carboxylic acids is 13. The number of hydrogen-bond donors (Lipinski definition) is 7. The Bertz CT molecular complexity index is 4920. The van der Waals surface area contributed by atoms with Crippen LogP contribution in [0.5, 0.6) is 0 Å². The number of carboxylic acid groups (broad SMARTS) is 1. The van der Waals surface area contributed by atoms with Gasteiger partial charge in [0.1, 0.15) is 77.7 Å². The molecule has 7 aromatic carbocycles. The molecular formula is C102H134N12O18S. The number of amides is 12. The van der Waals surface area contributed by atoms with Crippen LogP contribution in [0.1, 0.15) is 155 Å². The first-order chi connectivity index (χ1) is 62.9. The summed E-state index contributed by atoms with van der Waals surface area (Å²) in [7, 11) is 8.28. The number of carbonyl (C=O) groups is 14. The summed E-state index contributed by atoms with van der Waals surface area (Å²) in [6.07, 6.45) is -3.30. The maximum atomic E-state index is 16.4. The molecule has 7 rings (SSSR count). The van der Waals surface area contributed by atoms with Crippen molar-refractivity contribution < 1.29 is 85.9 Å². The standard InChI is InChI=1S/C102H134N12O18S/c1-64(2)56-80(112(18)97(125)86(66(5)6)107-89(117)69(10)109(15)100(129)131-101(12,13)14)93(121)108-87(70(11)130-102(75-50-36-25-37-51-75,76-52-38-26-39-53-76)77-54-40-27-41-55-77)98(126)113(19)81(59-72-44-30-22-31-45-72)91(119)103-62-84(115)110(16)83(57-65(3)4)96(124)114(20)88(67(7)8)94(122)105-78(58-71-42-28-21-29-43-71)90(118)106-79(61-85(116)132-133-63-74-48-34-24-35-49-74)95(123)111(17)82(60-73-46-32-23-33-47-73)92(120)104-68(9)99(127)128/h21-55,64-70,78-83,86-88H,56-63H2,1-20H3,(H,103,119)(H,104,120)(H,105,122)(H,106,118)(H,107,117)(H,108,121)(H,127,128)/t68-,69-,70+,78-,79-,80-,81-,82-,83-,86-,87-,88-/m0/s1. The van der Waals surface area contributed by atoms with Gasteiger partial charge in [-0.15, -0.1) is 0 Å². The molecule has 0 radical (unpaired) electrons. The largest absolute Gasteiger partial charge is 0.480 e. The molecule has 0 fully saturated rings. The van der Waals surface area contributed by atoms with Crippen LogP contribution in [-0.2, 0) is 107 Å². The van der Waals surface area contributed by atoms with E-state index in [0.29, 0.717) is 33.4 Å². The molecule has 0 saturated heterocycles. The number of nitrogens with one attached hydrogen (secondary N) is 6. The molecule has 0 aromatic heterocycles. The second-order valence-electron chi connectivity index (χ2n) is 36.3. The van der Waals surface area contributed by atoms with E-state index in [0.717, 1.165) is 27.4 Å². The van der Waals surface area contributed by atoms with Crippen molar-refractivity contribution in [1.29, 1.82) is 0 Å². The number of carboxylic acids is 1. The zero-order valence-electron chi connectivity index (χ0n) is 80.1. The van der Waals surface area contributed by atoms with Crippen molar-refractivity contribution in [3.05, 3.63) is 251 Å². The Morgan fingerprint density at radius 1 is 0.383 bits per heavy atom. The Balaban J connectivity index is 1.21. The predicted molar refractivity (Wildman–Crippen MR) is 509 cm³/mol. The molecule has 0 spiro atoms. The lowest BCUT2D eigenvalue weighted by atomic mass is 9.79. The smallest absolute Gasteiger partial charge is 0.410 e. The van der Waals surface area contributed by atoms with Gasteiger partial charge in [-0.1, -0.05) is 268 Å². The molecule has 133 heavy (non-hydrogen) atoms. The van der Waals surface area contributed by atoms with E-state index in [9.17, 15) is 29.1 Å². The predicted octanol–water partition coefficient (Wildman–Crippen LogP) is 10.3. The average molecular weight is 1850 g/mol. The second kappa shape index (κ2) is 50.7. The van der Waals surface area contributed by atoms with Crippen molar-refractivity contribution in [3.8, 4) is 0 Å². The molecule has 7 aromatic rings. The molecule has 7 N–H and O–H groups in total. The number of rotatable bonds is 47. The van der Waals surface area contributed by atoms with E-state index in [1.165, 1.54) is 75.7 Å². The quantitative estimate of drug-likeness (QED) is 0.0138. The van der Waals surface area contributed by atoms with E-state index in [1.54, 1.807) is 146 Å². The molecule has 0 aliphatic heterocycles. The third-order valence-corrected chi connectivity index (χ3v) is 23.9. The first kappa shape index (κ1) is 107. The van der Waals surface area contributed by atoms with Gasteiger partial charge in [-0.25, -0.2) is 4.79 Å². The van der Waals surface area contributed by atoms with Crippen LogP contribution >= 0.6 is 12.0 Å². The zero-order chi connectivity index (χ0) is 98.3. The maximum absolute atomic E-state index is 16.4. The van der Waals surface area contributed by atoms with Crippen LogP contribution < -0.4 is 31.9 Å². The monoisotopic (exact) mass is 1850 g/mol. The first-order valence-corrected chi connectivity index (χ1v) is 45.9. The van der Waals surface area contributed by atoms with Crippen LogP contribution in [0.3, 0.4) is 0 Å². The van der Waals surface area contributed by atoms with Crippen molar-refractivity contribution in [3.63, 3.8) is 0 Å². The molecule has 716 valence electrons. The van der Waals surface area contributed by atoms with Gasteiger partial charge in [-0.2, -0.15) is 0 Å². The van der Waals surface area contributed by atoms with Crippen LogP contribution in [0.15, 0.2) is 212 Å². The SMILES string of the molecule is CC(C)C[C@@H](C(=O)N(C)[C@H](C(=O)N[C@@H](Cc1ccccc1)C(=O)N[C@@H](CC(=O)OSCc1ccccc1)C(=O)N(C)[C@@H](Cc1ccccc1)C(=O)N[C@@H](C)C(=O)O)C(C)C)N(C)C(=O)CNC(=O)[C@H](Cc1ccccc1)N(C)C(=O)[C@@H](NC(=O)[C@H](CC(C)C)N(C)C(=O)[C@@H](NC(=O)[C@H](C)N(C)C(=O)OC(C)(C)C)C(C)C)[C@@H](C)OC(c1ccccc1)(c1ccccc1)c1ccccc1. The van der Waals surface area contributed by atoms with Gasteiger partial charge in [0.05, 0.1) is 36.9 Å². The minimum Gasteiger partial charge on any atom is -0.480 e. The lowest BCUT2D eigenvalue weighted by Crippen LogP contribution is -2.63. The van der Waals surface area contributed by atoms with Crippen LogP contribution in [0, 0.1) is 23.7 Å². The van der Waals surface area contributed by atoms with E-state index in [2.05, 4.69) is 31.9 Å². The van der Waals surface area contributed by atoms with E-state index in [4.69, 9.17) is 13.7 Å². The Labute approximate surface area is 786 Å². The maximum Gasteiger partial charge on any atom is 0.410 e. The van der Waals surface area contributed by atoms with E-state index < -0.39 is 192 Å². The van der Waals surface area contributed by atoms with Gasteiger partial charge in [0.2, 0.25) is 65.0 Å². The van der Waals surface area contributed by atoms with Crippen LogP contribution in [-0.4, -0.2) is 245 Å². The summed E-state index contributed by atoms with van der Waals surface area (Å²) in [4.78, 5) is 214. The minimum atomic E-state index is -1.78. The van der Waals surface area contributed by atoms with Crippen LogP contribution in [0.25, 0.3) is 0 Å². The number of nitrogens with zero attached hydrogens (tertiary/aromatic N) is 6. The summed E-state index contributed by atoms with van der Waals surface area (Å²) in [5.41, 5.74) is 2.05. The lowest BCUT2D eigenvalue weighted by molar-refractivity contribution is -0.151. The molecule has 0 heterocycles. The number of aliphatic carboxylic acids is 1. The van der Waals surface area contributed by atoms with Crippen molar-refractivity contribution in [2.45, 2.75) is 225 Å². The molecule has 0 aliphatic carbocycles. The Kier molecular flexibility index (Phi) is 40.9. The van der Waals surface area contributed by atoms with E-state index in [1.807, 2.05) is 149 Å². The molecule has 0 aliphatic rings. The Morgan fingerprint density at radius 3 is 1.23 bits per heavy atom. The molecule has 12 amide bonds. The molecule has 12 atom stereocenters. The second-order valence-corrected chi connectivity index (χ2v) is 37.0. The summed E-state index contributed by atoms with van der Waals surface area (Å²) >= 11 is 0.787. The Hall–Kier alpha value is -12.8. The topological polar surface area (TPSA) is 379 Å². The molecule has 0 saturated carbocycles. The van der Waals surface area contributed by atoms with Crippen LogP contribution in [0.2, 0.25) is 0 Å².